The molecule has 0 fully saturated rings. The van der Waals surface area contributed by atoms with Gasteiger partial charge in [0, 0.05) is 18.3 Å². The van der Waals surface area contributed by atoms with Crippen LogP contribution in [0.1, 0.15) is 19.4 Å². The van der Waals surface area contributed by atoms with Crippen molar-refractivity contribution < 1.29 is 13.5 Å². The number of sulfonamides is 1. The predicted octanol–water partition coefficient (Wildman–Crippen LogP) is 0.872. The molecule has 5 nitrogen and oxygen atoms in total. The van der Waals surface area contributed by atoms with E-state index >= 15 is 0 Å². The van der Waals surface area contributed by atoms with Gasteiger partial charge >= 0.3 is 0 Å². The van der Waals surface area contributed by atoms with E-state index < -0.39 is 10.0 Å². The summed E-state index contributed by atoms with van der Waals surface area (Å²) in [5, 5.41) is 9.02. The minimum Gasteiger partial charge on any atom is -0.399 e. The summed E-state index contributed by atoms with van der Waals surface area (Å²) in [6.07, 6.45) is 0. The van der Waals surface area contributed by atoms with Gasteiger partial charge in [-0.25, -0.2) is 13.1 Å². The third kappa shape index (κ3) is 3.44. The van der Waals surface area contributed by atoms with Crippen molar-refractivity contribution >= 4 is 15.7 Å². The van der Waals surface area contributed by atoms with E-state index in [9.17, 15) is 8.42 Å². The fourth-order valence-corrected chi connectivity index (χ4v) is 3.12. The fourth-order valence-electron chi connectivity index (χ4n) is 1.49. The Balaban J connectivity index is 3.03. The number of anilines is 1. The summed E-state index contributed by atoms with van der Waals surface area (Å²) in [5.74, 6) is -0.152. The van der Waals surface area contributed by atoms with Crippen molar-refractivity contribution in [2.75, 3.05) is 12.3 Å². The van der Waals surface area contributed by atoms with E-state index in [2.05, 4.69) is 4.72 Å². The van der Waals surface area contributed by atoms with Crippen LogP contribution in [0.5, 0.6) is 0 Å². The molecule has 0 saturated carbocycles. The molecular formula is C12H20N2O3S. The van der Waals surface area contributed by atoms with Crippen LogP contribution >= 0.6 is 0 Å². The maximum Gasteiger partial charge on any atom is 0.241 e. The van der Waals surface area contributed by atoms with Gasteiger partial charge in [0.2, 0.25) is 10.0 Å². The van der Waals surface area contributed by atoms with Crippen LogP contribution in [0.25, 0.3) is 0 Å². The fraction of sp³-hybridized carbons (Fsp3) is 0.500. The number of aliphatic hydroxyl groups is 1. The van der Waals surface area contributed by atoms with E-state index in [0.717, 1.165) is 0 Å². The van der Waals surface area contributed by atoms with Crippen molar-refractivity contribution in [1.82, 2.24) is 4.72 Å². The molecule has 0 aliphatic heterocycles. The van der Waals surface area contributed by atoms with Crippen LogP contribution in [0.3, 0.4) is 0 Å². The quantitative estimate of drug-likeness (QED) is 0.694. The molecule has 18 heavy (non-hydrogen) atoms. The molecule has 1 aromatic carbocycles. The highest BCUT2D eigenvalue weighted by Gasteiger charge is 2.22. The summed E-state index contributed by atoms with van der Waals surface area (Å²) in [6.45, 7) is 5.15. The molecule has 6 heteroatoms. The molecule has 2 atom stereocenters. The van der Waals surface area contributed by atoms with Gasteiger partial charge < -0.3 is 10.8 Å². The average molecular weight is 272 g/mol. The highest BCUT2D eigenvalue weighted by Crippen LogP contribution is 2.19. The Bertz CT molecular complexity index is 514. The number of rotatable bonds is 5. The number of benzene rings is 1. The van der Waals surface area contributed by atoms with Gasteiger partial charge in [-0.1, -0.05) is 13.0 Å². The first-order valence-electron chi connectivity index (χ1n) is 5.77. The Labute approximate surface area is 108 Å². The van der Waals surface area contributed by atoms with Crippen molar-refractivity contribution in [3.8, 4) is 0 Å². The summed E-state index contributed by atoms with van der Waals surface area (Å²) in [6, 6.07) is 4.42. The Morgan fingerprint density at radius 3 is 2.56 bits per heavy atom. The van der Waals surface area contributed by atoms with Crippen molar-refractivity contribution in [3.05, 3.63) is 23.8 Å². The van der Waals surface area contributed by atoms with Crippen LogP contribution in [-0.4, -0.2) is 26.2 Å². The molecule has 0 aliphatic carbocycles. The van der Waals surface area contributed by atoms with Crippen molar-refractivity contribution in [3.63, 3.8) is 0 Å². The Morgan fingerprint density at radius 1 is 1.39 bits per heavy atom. The molecule has 4 N–H and O–H groups in total. The van der Waals surface area contributed by atoms with Gasteiger partial charge in [0.05, 0.1) is 4.90 Å². The first-order chi connectivity index (χ1) is 8.27. The summed E-state index contributed by atoms with van der Waals surface area (Å²) in [5.41, 5.74) is 6.65. The average Bonchev–Trinajstić information content (AvgIpc) is 2.30. The predicted molar refractivity (Wildman–Crippen MR) is 71.6 cm³/mol. The van der Waals surface area contributed by atoms with E-state index in [1.54, 1.807) is 32.9 Å². The second-order valence-electron chi connectivity index (χ2n) is 4.59. The van der Waals surface area contributed by atoms with Crippen molar-refractivity contribution in [1.29, 1.82) is 0 Å². The van der Waals surface area contributed by atoms with Gasteiger partial charge in [-0.15, -0.1) is 0 Å². The van der Waals surface area contributed by atoms with E-state index in [1.165, 1.54) is 6.07 Å². The minimum atomic E-state index is -3.61. The molecule has 0 aromatic heterocycles. The van der Waals surface area contributed by atoms with Gasteiger partial charge in [-0.05, 0) is 37.5 Å². The largest absolute Gasteiger partial charge is 0.399 e. The van der Waals surface area contributed by atoms with Crippen molar-refractivity contribution in [2.24, 2.45) is 5.92 Å². The van der Waals surface area contributed by atoms with Crippen LogP contribution in [0.2, 0.25) is 0 Å². The number of nitrogens with two attached hydrogens (primary N) is 1. The van der Waals surface area contributed by atoms with E-state index in [4.69, 9.17) is 10.8 Å². The van der Waals surface area contributed by atoms with Gasteiger partial charge in [-0.3, -0.25) is 0 Å². The molecule has 1 aromatic rings. The lowest BCUT2D eigenvalue weighted by molar-refractivity contribution is 0.216. The highest BCUT2D eigenvalue weighted by atomic mass is 32.2. The molecule has 0 amide bonds. The molecule has 102 valence electrons. The van der Waals surface area contributed by atoms with Crippen molar-refractivity contribution in [2.45, 2.75) is 31.7 Å². The highest BCUT2D eigenvalue weighted by molar-refractivity contribution is 7.89. The van der Waals surface area contributed by atoms with E-state index in [1.807, 2.05) is 0 Å². The molecule has 0 heterocycles. The number of aliphatic hydroxyl groups excluding tert-OH is 1. The zero-order valence-electron chi connectivity index (χ0n) is 10.8. The molecule has 0 aliphatic rings. The third-order valence-corrected chi connectivity index (χ3v) is 4.69. The van der Waals surface area contributed by atoms with Crippen LogP contribution in [0.15, 0.2) is 23.1 Å². The zero-order valence-corrected chi connectivity index (χ0v) is 11.7. The maximum absolute atomic E-state index is 12.2. The van der Waals surface area contributed by atoms with Crippen LogP contribution in [-0.2, 0) is 10.0 Å². The van der Waals surface area contributed by atoms with Crippen LogP contribution < -0.4 is 10.5 Å². The van der Waals surface area contributed by atoms with Crippen LogP contribution in [0.4, 0.5) is 5.69 Å². The molecule has 2 unspecified atom stereocenters. The lowest BCUT2D eigenvalue weighted by Crippen LogP contribution is -2.38. The normalized spacial score (nSPS) is 15.3. The zero-order chi connectivity index (χ0) is 13.9. The summed E-state index contributed by atoms with van der Waals surface area (Å²) in [4.78, 5) is 0.180. The summed E-state index contributed by atoms with van der Waals surface area (Å²) >= 11 is 0. The van der Waals surface area contributed by atoms with Gasteiger partial charge in [0.15, 0.2) is 0 Å². The van der Waals surface area contributed by atoms with Gasteiger partial charge in [0.25, 0.3) is 0 Å². The monoisotopic (exact) mass is 272 g/mol. The van der Waals surface area contributed by atoms with E-state index in [-0.39, 0.29) is 23.5 Å². The molecule has 0 radical (unpaired) electrons. The van der Waals surface area contributed by atoms with E-state index in [0.29, 0.717) is 11.3 Å². The minimum absolute atomic E-state index is 0.0698. The Kier molecular flexibility index (Phi) is 4.72. The number of hydrogen-bond acceptors (Lipinski definition) is 4. The number of nitrogens with one attached hydrogen (secondary N) is 1. The van der Waals surface area contributed by atoms with Gasteiger partial charge in [-0.2, -0.15) is 0 Å². The molecule has 0 bridgehead atoms. The lowest BCUT2D eigenvalue weighted by atomic mass is 10.1. The first kappa shape index (κ1) is 14.9. The summed E-state index contributed by atoms with van der Waals surface area (Å²) < 4.78 is 26.9. The maximum atomic E-state index is 12.2. The Hall–Kier alpha value is -1.11. The SMILES string of the molecule is Cc1ccc(N)cc1S(=O)(=O)NC(C)C(C)CO. The smallest absolute Gasteiger partial charge is 0.241 e. The first-order valence-corrected chi connectivity index (χ1v) is 7.25. The second-order valence-corrected chi connectivity index (χ2v) is 6.28. The number of nitrogen functional groups attached to an aromatic ring is 1. The molecular weight excluding hydrogens is 252 g/mol. The molecule has 0 spiro atoms. The van der Waals surface area contributed by atoms with Crippen LogP contribution in [0, 0.1) is 12.8 Å². The standard InChI is InChI=1S/C12H20N2O3S/c1-8-4-5-11(13)6-12(8)18(16,17)14-10(3)9(2)7-15/h4-6,9-10,14-15H,7,13H2,1-3H3. The Morgan fingerprint density at radius 2 is 2.00 bits per heavy atom. The lowest BCUT2D eigenvalue weighted by Gasteiger charge is -2.20. The summed E-state index contributed by atoms with van der Waals surface area (Å²) in [7, 11) is -3.61. The number of hydrogen-bond donors (Lipinski definition) is 3. The molecule has 1 rings (SSSR count). The molecule has 0 saturated heterocycles. The number of aryl methyl sites for hydroxylation is 1. The second kappa shape index (κ2) is 5.69. The topological polar surface area (TPSA) is 92.4 Å². The third-order valence-electron chi connectivity index (χ3n) is 2.98. The van der Waals surface area contributed by atoms with Gasteiger partial charge in [0.1, 0.15) is 0 Å².